The first-order valence-corrected chi connectivity index (χ1v) is 8.10. The van der Waals surface area contributed by atoms with Gasteiger partial charge in [0.25, 0.3) is 0 Å². The minimum atomic E-state index is -0.356. The van der Waals surface area contributed by atoms with Crippen LogP contribution in [0.3, 0.4) is 0 Å². The van der Waals surface area contributed by atoms with Gasteiger partial charge in [0.15, 0.2) is 11.6 Å². The molecule has 0 amide bonds. The van der Waals surface area contributed by atoms with Gasteiger partial charge in [0.2, 0.25) is 0 Å². The fourth-order valence-corrected chi connectivity index (χ4v) is 1.52. The number of carbonyl (C=O) groups is 2. The lowest BCUT2D eigenvalue weighted by Gasteiger charge is -2.05. The van der Waals surface area contributed by atoms with Crippen LogP contribution in [0.2, 0.25) is 0 Å². The summed E-state index contributed by atoms with van der Waals surface area (Å²) in [5.41, 5.74) is 1.50. The monoisotopic (exact) mass is 334 g/mol. The van der Waals surface area contributed by atoms with Gasteiger partial charge >= 0.3 is 0 Å². The van der Waals surface area contributed by atoms with E-state index in [1.165, 1.54) is 25.5 Å². The smallest absolute Gasteiger partial charge is 0.163 e. The van der Waals surface area contributed by atoms with Crippen LogP contribution >= 0.6 is 0 Å². The number of Topliss-reactive ketones (excluding diaryl/α,β-unsaturated/α-hetero) is 2. The highest BCUT2D eigenvalue weighted by molar-refractivity contribution is 6.03. The second kappa shape index (κ2) is 13.1. The molecule has 24 heavy (non-hydrogen) atoms. The van der Waals surface area contributed by atoms with Crippen LogP contribution in [0.15, 0.2) is 35.9 Å². The summed E-state index contributed by atoms with van der Waals surface area (Å²) in [5.74, 6) is -1.35. The third-order valence-corrected chi connectivity index (χ3v) is 3.00. The van der Waals surface area contributed by atoms with Crippen molar-refractivity contribution in [3.63, 3.8) is 0 Å². The zero-order valence-corrected chi connectivity index (χ0v) is 15.8. The normalized spacial score (nSPS) is 10.4. The van der Waals surface area contributed by atoms with Crippen molar-refractivity contribution in [1.29, 1.82) is 0 Å². The van der Waals surface area contributed by atoms with Crippen LogP contribution in [0.4, 0.5) is 0 Å². The molecule has 0 aliphatic heterocycles. The maximum Gasteiger partial charge on any atom is 0.163 e. The lowest BCUT2D eigenvalue weighted by molar-refractivity contribution is 0.101. The van der Waals surface area contributed by atoms with E-state index in [1.54, 1.807) is 0 Å². The number of benzene rings is 1. The molecule has 0 aliphatic rings. The van der Waals surface area contributed by atoms with Crippen molar-refractivity contribution in [3.8, 4) is 11.5 Å². The van der Waals surface area contributed by atoms with Crippen LogP contribution in [-0.4, -0.2) is 21.8 Å². The third kappa shape index (κ3) is 8.93. The Bertz CT molecular complexity index is 561. The Morgan fingerprint density at radius 2 is 1.38 bits per heavy atom. The van der Waals surface area contributed by atoms with Crippen molar-refractivity contribution >= 4 is 11.6 Å². The van der Waals surface area contributed by atoms with Crippen LogP contribution in [0.25, 0.3) is 0 Å². The summed E-state index contributed by atoms with van der Waals surface area (Å²) in [6.07, 6.45) is 7.41. The molecule has 0 spiro atoms. The molecule has 0 heterocycles. The van der Waals surface area contributed by atoms with Crippen LogP contribution in [0.1, 0.15) is 75.6 Å². The Morgan fingerprint density at radius 3 is 1.67 bits per heavy atom. The highest BCUT2D eigenvalue weighted by atomic mass is 16.3. The van der Waals surface area contributed by atoms with Crippen molar-refractivity contribution in [2.45, 2.75) is 54.9 Å². The number of carbonyl (C=O) groups excluding carboxylic acids is 2. The standard InChI is InChI=1S/C10H10O4.C8H14.C2H6/c1-5(11)7-3-8(6(2)12)10(14)4-9(7)13;1-4-6-7-8(3)5-2;1-2/h3-4,13-14H,1-2H3;4,6-7H,5H2,1-3H3;1-2H3/b;6-4-,8-7+;. The van der Waals surface area contributed by atoms with E-state index < -0.39 is 0 Å². The molecule has 0 radical (unpaired) electrons. The average molecular weight is 334 g/mol. The Balaban J connectivity index is 0. The van der Waals surface area contributed by atoms with Crippen molar-refractivity contribution in [1.82, 2.24) is 0 Å². The predicted molar refractivity (Wildman–Crippen MR) is 100.0 cm³/mol. The first kappa shape index (κ1) is 23.9. The summed E-state index contributed by atoms with van der Waals surface area (Å²) in [7, 11) is 0. The van der Waals surface area contributed by atoms with Gasteiger partial charge in [-0.25, -0.2) is 0 Å². The average Bonchev–Trinajstić information content (AvgIpc) is 2.54. The fourth-order valence-electron chi connectivity index (χ4n) is 1.52. The number of phenolic OH excluding ortho intramolecular Hbond substituents is 2. The molecule has 0 aliphatic carbocycles. The number of phenols is 2. The number of rotatable bonds is 4. The Hall–Kier alpha value is -2.36. The van der Waals surface area contributed by atoms with Crippen molar-refractivity contribution < 1.29 is 19.8 Å². The lowest BCUT2D eigenvalue weighted by atomic mass is 10.0. The molecule has 0 atom stereocenters. The first-order valence-electron chi connectivity index (χ1n) is 8.10. The highest BCUT2D eigenvalue weighted by Gasteiger charge is 2.14. The van der Waals surface area contributed by atoms with E-state index in [2.05, 4.69) is 26.0 Å². The SMILES string of the molecule is C/C=C\C=C(/C)CC.CC.CC(=O)c1cc(C(C)=O)c(O)cc1O. The predicted octanol–water partition coefficient (Wildman–Crippen LogP) is 5.45. The topological polar surface area (TPSA) is 74.6 Å². The van der Waals surface area contributed by atoms with Crippen LogP contribution in [0, 0.1) is 0 Å². The summed E-state index contributed by atoms with van der Waals surface area (Å²) < 4.78 is 0. The molecule has 0 saturated carbocycles. The van der Waals surface area contributed by atoms with E-state index >= 15 is 0 Å². The molecule has 0 fully saturated rings. The van der Waals surface area contributed by atoms with Gasteiger partial charge in [0.1, 0.15) is 11.5 Å². The molecular formula is C20H30O4. The summed E-state index contributed by atoms with van der Waals surface area (Å²) in [4.78, 5) is 22.0. The van der Waals surface area contributed by atoms with Crippen molar-refractivity contribution in [2.75, 3.05) is 0 Å². The van der Waals surface area contributed by atoms with Gasteiger partial charge in [-0.1, -0.05) is 44.6 Å². The largest absolute Gasteiger partial charge is 0.507 e. The quantitative estimate of drug-likeness (QED) is 0.567. The second-order valence-electron chi connectivity index (χ2n) is 4.89. The molecule has 1 rings (SSSR count). The first-order chi connectivity index (χ1) is 11.2. The maximum absolute atomic E-state index is 11.0. The van der Waals surface area contributed by atoms with E-state index in [0.717, 1.165) is 12.5 Å². The molecule has 1 aromatic carbocycles. The van der Waals surface area contributed by atoms with E-state index in [4.69, 9.17) is 0 Å². The molecule has 134 valence electrons. The molecule has 4 nitrogen and oxygen atoms in total. The van der Waals surface area contributed by atoms with Crippen molar-refractivity contribution in [3.05, 3.63) is 47.1 Å². The third-order valence-electron chi connectivity index (χ3n) is 3.00. The number of allylic oxidation sites excluding steroid dienone is 4. The molecule has 1 aromatic rings. The van der Waals surface area contributed by atoms with E-state index in [9.17, 15) is 19.8 Å². The van der Waals surface area contributed by atoms with Gasteiger partial charge in [-0.05, 0) is 40.2 Å². The van der Waals surface area contributed by atoms with E-state index in [0.29, 0.717) is 0 Å². The molecular weight excluding hydrogens is 304 g/mol. The molecule has 0 aromatic heterocycles. The van der Waals surface area contributed by atoms with Crippen LogP contribution in [-0.2, 0) is 0 Å². The fraction of sp³-hybridized carbons (Fsp3) is 0.400. The van der Waals surface area contributed by atoms with E-state index in [1.807, 2.05) is 26.8 Å². The summed E-state index contributed by atoms with van der Waals surface area (Å²) in [5, 5.41) is 18.6. The summed E-state index contributed by atoms with van der Waals surface area (Å²) in [6.45, 7) is 12.9. The minimum Gasteiger partial charge on any atom is -0.507 e. The van der Waals surface area contributed by atoms with Gasteiger partial charge in [-0.3, -0.25) is 9.59 Å². The Labute approximate surface area is 145 Å². The Kier molecular flexibility index (Phi) is 13.1. The maximum atomic E-state index is 11.0. The van der Waals surface area contributed by atoms with E-state index in [-0.39, 0.29) is 34.2 Å². The Morgan fingerprint density at radius 1 is 0.958 bits per heavy atom. The zero-order valence-electron chi connectivity index (χ0n) is 15.8. The number of aromatic hydroxyl groups is 2. The lowest BCUT2D eigenvalue weighted by Crippen LogP contribution is -1.99. The minimum absolute atomic E-state index is 0.0352. The van der Waals surface area contributed by atoms with Gasteiger partial charge in [-0.15, -0.1) is 0 Å². The van der Waals surface area contributed by atoms with Crippen LogP contribution in [0.5, 0.6) is 11.5 Å². The molecule has 0 bridgehead atoms. The molecule has 0 saturated heterocycles. The number of hydrogen-bond donors (Lipinski definition) is 2. The highest BCUT2D eigenvalue weighted by Crippen LogP contribution is 2.27. The number of ketones is 2. The summed E-state index contributed by atoms with van der Waals surface area (Å²) in [6, 6.07) is 2.18. The zero-order chi connectivity index (χ0) is 19.3. The van der Waals surface area contributed by atoms with Gasteiger partial charge in [0.05, 0.1) is 11.1 Å². The molecule has 2 N–H and O–H groups in total. The molecule has 4 heteroatoms. The van der Waals surface area contributed by atoms with Gasteiger partial charge < -0.3 is 10.2 Å². The second-order valence-corrected chi connectivity index (χ2v) is 4.89. The van der Waals surface area contributed by atoms with Crippen LogP contribution < -0.4 is 0 Å². The van der Waals surface area contributed by atoms with Gasteiger partial charge in [0, 0.05) is 6.07 Å². The molecule has 0 unspecified atom stereocenters. The van der Waals surface area contributed by atoms with Crippen molar-refractivity contribution in [2.24, 2.45) is 0 Å². The van der Waals surface area contributed by atoms with Gasteiger partial charge in [-0.2, -0.15) is 0 Å². The number of hydrogen-bond acceptors (Lipinski definition) is 4. The summed E-state index contributed by atoms with van der Waals surface area (Å²) >= 11 is 0.